The van der Waals surface area contributed by atoms with Crippen molar-refractivity contribution < 1.29 is 33.0 Å². The first-order valence-corrected chi connectivity index (χ1v) is 15.5. The first kappa shape index (κ1) is 30.8. The molecule has 10 nitrogen and oxygen atoms in total. The molecule has 5 fully saturated rings. The highest BCUT2D eigenvalue weighted by Crippen LogP contribution is 2.56. The summed E-state index contributed by atoms with van der Waals surface area (Å²) < 4.78 is 25.1. The Labute approximate surface area is 252 Å². The summed E-state index contributed by atoms with van der Waals surface area (Å²) in [5.41, 5.74) is -0.439. The summed E-state index contributed by atoms with van der Waals surface area (Å²) in [5.74, 6) is -0.983. The van der Waals surface area contributed by atoms with Crippen molar-refractivity contribution in [3.8, 4) is 6.07 Å². The number of likely N-dealkylation sites (tertiary alicyclic amines) is 2. The summed E-state index contributed by atoms with van der Waals surface area (Å²) in [6.45, 7) is 2.62. The van der Waals surface area contributed by atoms with Crippen molar-refractivity contribution >= 4 is 23.9 Å². The Morgan fingerprint density at radius 2 is 1.74 bits per heavy atom. The number of nitriles is 1. The minimum atomic E-state index is -1.28. The smallest absolute Gasteiger partial charge is 0.411 e. The van der Waals surface area contributed by atoms with Gasteiger partial charge in [0.1, 0.15) is 25.4 Å². The van der Waals surface area contributed by atoms with Crippen LogP contribution in [0.5, 0.6) is 0 Å². The number of halogens is 1. The Balaban J connectivity index is 1.30. The Morgan fingerprint density at radius 1 is 1.05 bits per heavy atom. The van der Waals surface area contributed by atoms with Crippen LogP contribution in [0.1, 0.15) is 70.3 Å². The predicted octanol–water partition coefficient (Wildman–Crippen LogP) is 3.98. The van der Waals surface area contributed by atoms with Crippen LogP contribution >= 0.6 is 0 Å². The topological polar surface area (TPSA) is 120 Å². The molecule has 3 amide bonds. The Bertz CT molecular complexity index is 1230. The van der Waals surface area contributed by atoms with Crippen LogP contribution < -0.4 is 0 Å². The largest absolute Gasteiger partial charge is 0.466 e. The first-order valence-electron chi connectivity index (χ1n) is 15.5. The maximum Gasteiger partial charge on any atom is 0.411 e. The molecule has 6 rings (SSSR count). The van der Waals surface area contributed by atoms with E-state index in [-0.39, 0.29) is 43.9 Å². The van der Waals surface area contributed by atoms with Gasteiger partial charge in [0.2, 0.25) is 11.8 Å². The maximum atomic E-state index is 14.1. The fourth-order valence-electron chi connectivity index (χ4n) is 7.47. The minimum Gasteiger partial charge on any atom is -0.466 e. The number of piperidine rings is 1. The Kier molecular flexibility index (Phi) is 9.23. The van der Waals surface area contributed by atoms with Gasteiger partial charge in [-0.25, -0.2) is 9.18 Å². The standard InChI is InChI=1S/C32H41FN4O6/c1-2-42-28(39)24-9-6-16-35(19-24)29(40)31-10-13-32(14-11-31,15-12-31)37(30(41)43-22-23-7-4-3-5-8-23)21-27(38)36-20-25(33)17-26(36)18-34/h3-5,7-8,24-26H,2,6,9-17,19-22H2,1H3/t24?,25-,26-,31?,32?/m0/s1. The fourth-order valence-corrected chi connectivity index (χ4v) is 7.47. The van der Waals surface area contributed by atoms with Gasteiger partial charge in [-0.3, -0.25) is 19.3 Å². The highest BCUT2D eigenvalue weighted by Gasteiger charge is 2.57. The van der Waals surface area contributed by atoms with Gasteiger partial charge in [-0.1, -0.05) is 30.3 Å². The van der Waals surface area contributed by atoms with Crippen molar-refractivity contribution in [2.45, 2.75) is 89.1 Å². The number of nitrogens with zero attached hydrogens (tertiary/aromatic N) is 4. The molecule has 2 heterocycles. The fraction of sp³-hybridized carbons (Fsp3) is 0.656. The van der Waals surface area contributed by atoms with Crippen LogP contribution in [-0.4, -0.2) is 89.1 Å². The maximum absolute atomic E-state index is 14.1. The second kappa shape index (κ2) is 12.9. The molecule has 43 heavy (non-hydrogen) atoms. The highest BCUT2D eigenvalue weighted by atomic mass is 19.1. The molecule has 0 radical (unpaired) electrons. The second-order valence-electron chi connectivity index (χ2n) is 12.5. The van der Waals surface area contributed by atoms with Gasteiger partial charge in [-0.05, 0) is 63.9 Å². The minimum absolute atomic E-state index is 0.0377. The lowest BCUT2D eigenvalue weighted by Gasteiger charge is -2.57. The van der Waals surface area contributed by atoms with Gasteiger partial charge in [0, 0.05) is 30.5 Å². The van der Waals surface area contributed by atoms with Gasteiger partial charge in [-0.2, -0.15) is 5.26 Å². The predicted molar refractivity (Wildman–Crippen MR) is 153 cm³/mol. The molecule has 0 spiro atoms. The van der Waals surface area contributed by atoms with Gasteiger partial charge in [0.25, 0.3) is 0 Å². The van der Waals surface area contributed by atoms with Crippen molar-refractivity contribution in [2.75, 3.05) is 32.8 Å². The van der Waals surface area contributed by atoms with Gasteiger partial charge in [0.05, 0.1) is 25.1 Å². The molecule has 232 valence electrons. The van der Waals surface area contributed by atoms with Crippen molar-refractivity contribution in [2.24, 2.45) is 11.3 Å². The van der Waals surface area contributed by atoms with E-state index in [1.165, 1.54) is 9.80 Å². The Hall–Kier alpha value is -3.68. The first-order chi connectivity index (χ1) is 20.7. The van der Waals surface area contributed by atoms with Crippen LogP contribution in [-0.2, 0) is 30.5 Å². The molecule has 1 aromatic carbocycles. The molecular formula is C32H41FN4O6. The van der Waals surface area contributed by atoms with Crippen LogP contribution in [0, 0.1) is 22.7 Å². The zero-order valence-electron chi connectivity index (χ0n) is 24.8. The van der Waals surface area contributed by atoms with E-state index >= 15 is 0 Å². The highest BCUT2D eigenvalue weighted by molar-refractivity contribution is 5.85. The van der Waals surface area contributed by atoms with Crippen molar-refractivity contribution in [3.63, 3.8) is 0 Å². The van der Waals surface area contributed by atoms with E-state index in [0.717, 1.165) is 12.0 Å². The quantitative estimate of drug-likeness (QED) is 0.416. The van der Waals surface area contributed by atoms with Crippen LogP contribution in [0.3, 0.4) is 0 Å². The number of benzene rings is 1. The molecule has 0 aromatic heterocycles. The van der Waals surface area contributed by atoms with Crippen LogP contribution in [0.4, 0.5) is 9.18 Å². The van der Waals surface area contributed by atoms with E-state index in [2.05, 4.69) is 0 Å². The average molecular weight is 597 g/mol. The van der Waals surface area contributed by atoms with E-state index in [1.54, 1.807) is 6.92 Å². The number of hydrogen-bond donors (Lipinski definition) is 0. The molecule has 3 saturated carbocycles. The monoisotopic (exact) mass is 596 g/mol. The lowest BCUT2D eigenvalue weighted by molar-refractivity contribution is -0.159. The molecular weight excluding hydrogens is 555 g/mol. The number of alkyl halides is 1. The van der Waals surface area contributed by atoms with Crippen LogP contribution in [0.15, 0.2) is 30.3 Å². The molecule has 2 aliphatic heterocycles. The molecule has 5 aliphatic rings. The SMILES string of the molecule is CCOC(=O)C1CCCN(C(=O)C23CCC(N(CC(=O)N4C[C@@H](F)C[C@H]4C#N)C(=O)OCc4ccccc4)(CC2)CC3)C1. The molecule has 2 bridgehead atoms. The molecule has 3 atom stereocenters. The van der Waals surface area contributed by atoms with E-state index in [4.69, 9.17) is 9.47 Å². The molecule has 1 unspecified atom stereocenters. The summed E-state index contributed by atoms with van der Waals surface area (Å²) >= 11 is 0. The number of carbonyl (C=O) groups is 4. The summed E-state index contributed by atoms with van der Waals surface area (Å²) in [7, 11) is 0. The van der Waals surface area contributed by atoms with E-state index in [0.29, 0.717) is 64.6 Å². The van der Waals surface area contributed by atoms with E-state index < -0.39 is 35.2 Å². The normalized spacial score (nSPS) is 29.9. The average Bonchev–Trinajstić information content (AvgIpc) is 3.44. The van der Waals surface area contributed by atoms with Crippen molar-refractivity contribution in [1.82, 2.24) is 14.7 Å². The number of carbonyl (C=O) groups excluding carboxylic acids is 4. The zero-order valence-corrected chi connectivity index (χ0v) is 24.8. The number of fused-ring (bicyclic) bond motifs is 3. The Morgan fingerprint density at radius 3 is 2.40 bits per heavy atom. The molecule has 0 N–H and O–H groups in total. The van der Waals surface area contributed by atoms with Gasteiger partial charge < -0.3 is 19.3 Å². The number of amides is 3. The number of esters is 1. The lowest BCUT2D eigenvalue weighted by atomic mass is 9.56. The lowest BCUT2D eigenvalue weighted by Crippen LogP contribution is -2.63. The third-order valence-electron chi connectivity index (χ3n) is 10.00. The zero-order chi connectivity index (χ0) is 30.6. The van der Waals surface area contributed by atoms with Gasteiger partial charge in [0.15, 0.2) is 0 Å². The number of rotatable bonds is 8. The van der Waals surface area contributed by atoms with E-state index in [1.807, 2.05) is 41.3 Å². The summed E-state index contributed by atoms with van der Waals surface area (Å²) in [4.78, 5) is 57.9. The van der Waals surface area contributed by atoms with Crippen LogP contribution in [0.2, 0.25) is 0 Å². The van der Waals surface area contributed by atoms with Crippen molar-refractivity contribution in [3.05, 3.63) is 35.9 Å². The number of ether oxygens (including phenoxy) is 2. The van der Waals surface area contributed by atoms with Gasteiger partial charge >= 0.3 is 12.1 Å². The molecule has 3 aliphatic carbocycles. The molecule has 11 heteroatoms. The third-order valence-corrected chi connectivity index (χ3v) is 10.00. The molecule has 2 saturated heterocycles. The second-order valence-corrected chi connectivity index (χ2v) is 12.5. The van der Waals surface area contributed by atoms with Gasteiger partial charge in [-0.15, -0.1) is 0 Å². The summed E-state index contributed by atoms with van der Waals surface area (Å²) in [5, 5.41) is 9.49. The van der Waals surface area contributed by atoms with Crippen LogP contribution in [0.25, 0.3) is 0 Å². The van der Waals surface area contributed by atoms with E-state index in [9.17, 15) is 28.8 Å². The summed E-state index contributed by atoms with van der Waals surface area (Å²) in [6, 6.07) is 10.4. The number of hydrogen-bond acceptors (Lipinski definition) is 7. The van der Waals surface area contributed by atoms with Crippen molar-refractivity contribution in [1.29, 1.82) is 5.26 Å². The third kappa shape index (κ3) is 6.34. The summed E-state index contributed by atoms with van der Waals surface area (Å²) in [6.07, 6.45) is 2.75. The molecule has 1 aromatic rings.